The van der Waals surface area contributed by atoms with Gasteiger partial charge in [0.1, 0.15) is 5.03 Å². The van der Waals surface area contributed by atoms with Crippen molar-refractivity contribution in [1.29, 1.82) is 0 Å². The first-order valence-corrected chi connectivity index (χ1v) is 9.99. The Hall–Kier alpha value is -1.31. The van der Waals surface area contributed by atoms with Gasteiger partial charge in [-0.25, -0.2) is 4.98 Å². The highest BCUT2D eigenvalue weighted by Crippen LogP contribution is 2.70. The number of aryl methyl sites for hydroxylation is 1. The first kappa shape index (κ1) is 15.0. The number of pyridine rings is 1. The molecule has 0 amide bonds. The molecule has 124 valence electrons. The second kappa shape index (κ2) is 4.86. The Bertz CT molecular complexity index is 906. The predicted molar refractivity (Wildman–Crippen MR) is 96.0 cm³/mol. The smallest absolute Gasteiger partial charge is 0.233 e. The van der Waals surface area contributed by atoms with E-state index >= 15 is 0 Å². The van der Waals surface area contributed by atoms with Gasteiger partial charge in [0.2, 0.25) is 11.7 Å². The van der Waals surface area contributed by atoms with Gasteiger partial charge in [0.25, 0.3) is 0 Å². The van der Waals surface area contributed by atoms with Crippen molar-refractivity contribution in [3.8, 4) is 0 Å². The molecular formula is C17H18N4OS2. The standard InChI is InChI=1S/C17H18N4OS2/c1-7-8(2)11-16(19-9(7)3)24-13-12(17(11,13)18)15-20-14(21-22-15)10-5-4-6-23-10/h5,12-13H,4,6,18H2,1-3H3. The van der Waals surface area contributed by atoms with Gasteiger partial charge < -0.3 is 10.3 Å². The van der Waals surface area contributed by atoms with Crippen LogP contribution in [0.3, 0.4) is 0 Å². The minimum Gasteiger partial charge on any atom is -0.339 e. The fourth-order valence-electron chi connectivity index (χ4n) is 3.83. The average molecular weight is 358 g/mol. The normalized spacial score (nSPS) is 30.2. The lowest BCUT2D eigenvalue weighted by molar-refractivity contribution is 0.370. The van der Waals surface area contributed by atoms with Gasteiger partial charge in [0, 0.05) is 22.3 Å². The Labute approximate surface area is 148 Å². The molecule has 0 bridgehead atoms. The lowest BCUT2D eigenvalue weighted by atomic mass is 9.96. The third kappa shape index (κ3) is 1.80. The van der Waals surface area contributed by atoms with Crippen LogP contribution in [0.15, 0.2) is 15.6 Å². The van der Waals surface area contributed by atoms with E-state index in [4.69, 9.17) is 15.2 Å². The first-order chi connectivity index (χ1) is 11.5. The fraction of sp³-hybridized carbons (Fsp3) is 0.471. The molecule has 3 atom stereocenters. The number of hydrogen-bond donors (Lipinski definition) is 1. The van der Waals surface area contributed by atoms with Crippen molar-refractivity contribution in [2.75, 3.05) is 5.75 Å². The Kier molecular flexibility index (Phi) is 3.04. The summed E-state index contributed by atoms with van der Waals surface area (Å²) in [6, 6.07) is 0. The largest absolute Gasteiger partial charge is 0.339 e. The van der Waals surface area contributed by atoms with Gasteiger partial charge in [-0.2, -0.15) is 4.98 Å². The van der Waals surface area contributed by atoms with E-state index in [1.54, 1.807) is 23.5 Å². The lowest BCUT2D eigenvalue weighted by Gasteiger charge is -2.17. The number of fused-ring (bicyclic) bond motifs is 3. The van der Waals surface area contributed by atoms with Crippen LogP contribution in [0.5, 0.6) is 0 Å². The Morgan fingerprint density at radius 3 is 2.83 bits per heavy atom. The summed E-state index contributed by atoms with van der Waals surface area (Å²) in [6.07, 6.45) is 3.25. The molecule has 3 aliphatic rings. The van der Waals surface area contributed by atoms with Gasteiger partial charge in [0.05, 0.1) is 16.4 Å². The van der Waals surface area contributed by atoms with E-state index in [0.717, 1.165) is 27.8 Å². The van der Waals surface area contributed by atoms with E-state index in [0.29, 0.717) is 11.7 Å². The van der Waals surface area contributed by atoms with Crippen LogP contribution in [0, 0.1) is 20.8 Å². The molecule has 2 aromatic heterocycles. The molecule has 2 N–H and O–H groups in total. The quantitative estimate of drug-likeness (QED) is 0.882. The molecular weight excluding hydrogens is 340 g/mol. The molecule has 4 heterocycles. The summed E-state index contributed by atoms with van der Waals surface area (Å²) in [7, 11) is 0. The molecule has 0 spiro atoms. The number of rotatable bonds is 2. The van der Waals surface area contributed by atoms with Crippen molar-refractivity contribution < 1.29 is 4.52 Å². The molecule has 1 fully saturated rings. The summed E-state index contributed by atoms with van der Waals surface area (Å²) in [5.41, 5.74) is 11.1. The highest BCUT2D eigenvalue weighted by atomic mass is 32.2. The molecule has 2 aliphatic heterocycles. The maximum absolute atomic E-state index is 6.81. The number of allylic oxidation sites excluding steroid dienone is 1. The first-order valence-electron chi connectivity index (χ1n) is 8.12. The summed E-state index contributed by atoms with van der Waals surface area (Å²) in [5, 5.41) is 5.50. The second-order valence-electron chi connectivity index (χ2n) is 6.74. The van der Waals surface area contributed by atoms with Gasteiger partial charge in [-0.3, -0.25) is 0 Å². The van der Waals surface area contributed by atoms with E-state index in [1.807, 2.05) is 0 Å². The zero-order valence-electron chi connectivity index (χ0n) is 13.8. The van der Waals surface area contributed by atoms with Gasteiger partial charge in [-0.05, 0) is 38.3 Å². The van der Waals surface area contributed by atoms with Crippen LogP contribution >= 0.6 is 23.5 Å². The molecule has 1 aliphatic carbocycles. The molecule has 7 heteroatoms. The fourth-order valence-corrected chi connectivity index (χ4v) is 6.47. The van der Waals surface area contributed by atoms with E-state index in [2.05, 4.69) is 37.0 Å². The Morgan fingerprint density at radius 2 is 2.08 bits per heavy atom. The minimum absolute atomic E-state index is 0.0888. The van der Waals surface area contributed by atoms with Gasteiger partial charge in [-0.15, -0.1) is 11.8 Å². The second-order valence-corrected chi connectivity index (χ2v) is 9.01. The summed E-state index contributed by atoms with van der Waals surface area (Å²) in [4.78, 5) is 10.5. The van der Waals surface area contributed by atoms with Crippen molar-refractivity contribution in [3.63, 3.8) is 0 Å². The summed E-state index contributed by atoms with van der Waals surface area (Å²) in [5.74, 6) is 2.56. The summed E-state index contributed by atoms with van der Waals surface area (Å²) in [6.45, 7) is 6.32. The lowest BCUT2D eigenvalue weighted by Crippen LogP contribution is -2.24. The maximum Gasteiger partial charge on any atom is 0.233 e. The topological polar surface area (TPSA) is 77.8 Å². The van der Waals surface area contributed by atoms with Gasteiger partial charge in [-0.1, -0.05) is 23.0 Å². The summed E-state index contributed by atoms with van der Waals surface area (Å²) < 4.78 is 5.58. The third-order valence-electron chi connectivity index (χ3n) is 5.45. The zero-order valence-corrected chi connectivity index (χ0v) is 15.4. The highest BCUT2D eigenvalue weighted by Gasteiger charge is 2.72. The van der Waals surface area contributed by atoms with Crippen molar-refractivity contribution in [2.24, 2.45) is 5.73 Å². The van der Waals surface area contributed by atoms with Crippen LogP contribution in [0.4, 0.5) is 0 Å². The maximum atomic E-state index is 6.81. The monoisotopic (exact) mass is 358 g/mol. The third-order valence-corrected chi connectivity index (χ3v) is 7.98. The zero-order chi connectivity index (χ0) is 16.6. The number of thioether (sulfide) groups is 2. The predicted octanol–water partition coefficient (Wildman–Crippen LogP) is 3.29. The molecule has 5 rings (SSSR count). The van der Waals surface area contributed by atoms with E-state index in [9.17, 15) is 0 Å². The van der Waals surface area contributed by atoms with E-state index < -0.39 is 5.54 Å². The Morgan fingerprint density at radius 1 is 1.25 bits per heavy atom. The van der Waals surface area contributed by atoms with Crippen molar-refractivity contribution in [3.05, 3.63) is 40.2 Å². The minimum atomic E-state index is -0.420. The molecule has 0 radical (unpaired) electrons. The van der Waals surface area contributed by atoms with Crippen LogP contribution in [-0.4, -0.2) is 26.1 Å². The van der Waals surface area contributed by atoms with Crippen LogP contribution in [0.25, 0.3) is 4.91 Å². The van der Waals surface area contributed by atoms with Crippen molar-refractivity contribution in [1.82, 2.24) is 15.1 Å². The molecule has 0 aromatic carbocycles. The van der Waals surface area contributed by atoms with Crippen LogP contribution < -0.4 is 5.73 Å². The number of hydrogen-bond acceptors (Lipinski definition) is 7. The molecule has 24 heavy (non-hydrogen) atoms. The Balaban J connectivity index is 1.53. The van der Waals surface area contributed by atoms with Gasteiger partial charge in [0.15, 0.2) is 0 Å². The summed E-state index contributed by atoms with van der Waals surface area (Å²) >= 11 is 3.55. The molecule has 3 unspecified atom stereocenters. The highest BCUT2D eigenvalue weighted by molar-refractivity contribution is 8.08. The number of nitrogens with zero attached hydrogens (tertiary/aromatic N) is 3. The number of nitrogens with two attached hydrogens (primary N) is 1. The SMILES string of the molecule is Cc1nc2c(c(C)c1C)C1(N)C(S2)C1c1nc(C2=CCCS2)no1. The van der Waals surface area contributed by atoms with Crippen LogP contribution in [0.1, 0.15) is 46.4 Å². The van der Waals surface area contributed by atoms with Crippen LogP contribution in [-0.2, 0) is 5.54 Å². The average Bonchev–Trinajstić information content (AvgIpc) is 3.08. The molecule has 2 aromatic rings. The van der Waals surface area contributed by atoms with Gasteiger partial charge >= 0.3 is 0 Å². The van der Waals surface area contributed by atoms with E-state index in [-0.39, 0.29) is 11.2 Å². The molecule has 5 nitrogen and oxygen atoms in total. The van der Waals surface area contributed by atoms with Crippen molar-refractivity contribution >= 4 is 28.4 Å². The molecule has 0 saturated heterocycles. The van der Waals surface area contributed by atoms with E-state index in [1.165, 1.54) is 16.7 Å². The molecule has 1 saturated carbocycles. The van der Waals surface area contributed by atoms with Crippen LogP contribution in [0.2, 0.25) is 0 Å². The number of aromatic nitrogens is 3. The van der Waals surface area contributed by atoms with Crippen molar-refractivity contribution in [2.45, 2.75) is 48.9 Å².